The quantitative estimate of drug-likeness (QED) is 0.574. The first-order valence-corrected chi connectivity index (χ1v) is 6.72. The zero-order valence-corrected chi connectivity index (χ0v) is 12.0. The van der Waals surface area contributed by atoms with Gasteiger partial charge in [0.1, 0.15) is 16.8 Å². The lowest BCUT2D eigenvalue weighted by Gasteiger charge is -2.21. The van der Waals surface area contributed by atoms with Crippen LogP contribution in [0.25, 0.3) is 0 Å². The summed E-state index contributed by atoms with van der Waals surface area (Å²) in [6.07, 6.45) is 4.49. The minimum atomic E-state index is 0.578. The average Bonchev–Trinajstić information content (AvgIpc) is 2.32. The average molecular weight is 256 g/mol. The van der Waals surface area contributed by atoms with Crippen molar-refractivity contribution >= 4 is 17.4 Å². The normalized spacial score (nSPS) is 10.6. The van der Waals surface area contributed by atoms with Crippen molar-refractivity contribution in [3.05, 3.63) is 16.5 Å². The number of hydrogen-bond acceptors (Lipinski definition) is 3. The van der Waals surface area contributed by atoms with Crippen molar-refractivity contribution in [1.29, 1.82) is 0 Å². The van der Waals surface area contributed by atoms with Gasteiger partial charge in [0.25, 0.3) is 0 Å². The third kappa shape index (κ3) is 3.84. The van der Waals surface area contributed by atoms with Gasteiger partial charge in [-0.05, 0) is 13.3 Å². The van der Waals surface area contributed by atoms with Crippen molar-refractivity contribution < 1.29 is 0 Å². The molecule has 0 amide bonds. The first-order valence-electron chi connectivity index (χ1n) is 6.34. The number of rotatable bonds is 6. The van der Waals surface area contributed by atoms with Crippen molar-refractivity contribution in [3.63, 3.8) is 0 Å². The molecule has 3 nitrogen and oxygen atoms in total. The highest BCUT2D eigenvalue weighted by atomic mass is 35.5. The monoisotopic (exact) mass is 255 g/mol. The van der Waals surface area contributed by atoms with Crippen LogP contribution in [0.2, 0.25) is 5.15 Å². The Balaban J connectivity index is 2.84. The summed E-state index contributed by atoms with van der Waals surface area (Å²) in [5.74, 6) is 1.79. The van der Waals surface area contributed by atoms with E-state index < -0.39 is 0 Å². The van der Waals surface area contributed by atoms with E-state index in [1.165, 1.54) is 19.3 Å². The van der Waals surface area contributed by atoms with Gasteiger partial charge < -0.3 is 4.90 Å². The molecule has 0 spiro atoms. The van der Waals surface area contributed by atoms with Crippen molar-refractivity contribution in [3.8, 4) is 0 Å². The van der Waals surface area contributed by atoms with Crippen LogP contribution in [0.5, 0.6) is 0 Å². The van der Waals surface area contributed by atoms with Crippen LogP contribution in [-0.4, -0.2) is 23.6 Å². The lowest BCUT2D eigenvalue weighted by molar-refractivity contribution is 0.698. The number of nitrogens with zero attached hydrogens (tertiary/aromatic N) is 3. The van der Waals surface area contributed by atoms with Gasteiger partial charge in [0.05, 0.1) is 0 Å². The third-order valence-corrected chi connectivity index (χ3v) is 3.25. The van der Waals surface area contributed by atoms with Crippen LogP contribution in [0.3, 0.4) is 0 Å². The summed E-state index contributed by atoms with van der Waals surface area (Å²) in [6, 6.07) is 0. The second kappa shape index (κ2) is 6.80. The fourth-order valence-electron chi connectivity index (χ4n) is 1.76. The maximum atomic E-state index is 6.13. The molecule has 0 bridgehead atoms. The van der Waals surface area contributed by atoms with Gasteiger partial charge in [0.15, 0.2) is 0 Å². The Bertz CT molecular complexity index is 366. The van der Waals surface area contributed by atoms with Gasteiger partial charge >= 0.3 is 0 Å². The zero-order valence-electron chi connectivity index (χ0n) is 11.3. The Morgan fingerprint density at radius 3 is 2.47 bits per heavy atom. The molecule has 1 aromatic heterocycles. The highest BCUT2D eigenvalue weighted by Gasteiger charge is 2.12. The molecule has 0 aliphatic carbocycles. The van der Waals surface area contributed by atoms with Gasteiger partial charge in [-0.25, -0.2) is 9.97 Å². The van der Waals surface area contributed by atoms with Gasteiger partial charge in [-0.2, -0.15) is 0 Å². The molecule has 0 aromatic carbocycles. The van der Waals surface area contributed by atoms with Gasteiger partial charge in [0.2, 0.25) is 0 Å². The number of hydrogen-bond donors (Lipinski definition) is 0. The standard InChI is InChI=1S/C13H22ClN3/c1-5-7-8-9-17(4)13-10(3)12(14)15-11(6-2)16-13/h5-9H2,1-4H3. The molecule has 4 heteroatoms. The first-order chi connectivity index (χ1) is 8.10. The summed E-state index contributed by atoms with van der Waals surface area (Å²) in [7, 11) is 2.07. The number of aromatic nitrogens is 2. The van der Waals surface area contributed by atoms with Gasteiger partial charge in [0, 0.05) is 25.6 Å². The summed E-state index contributed by atoms with van der Waals surface area (Å²) in [5, 5.41) is 0.578. The summed E-state index contributed by atoms with van der Waals surface area (Å²) in [5.41, 5.74) is 0.975. The van der Waals surface area contributed by atoms with E-state index >= 15 is 0 Å². The minimum absolute atomic E-state index is 0.578. The summed E-state index contributed by atoms with van der Waals surface area (Å²) in [4.78, 5) is 11.0. The van der Waals surface area contributed by atoms with Gasteiger partial charge in [-0.15, -0.1) is 0 Å². The Labute approximate surface area is 109 Å². The predicted molar refractivity (Wildman–Crippen MR) is 74.0 cm³/mol. The van der Waals surface area contributed by atoms with E-state index in [0.29, 0.717) is 5.15 Å². The number of anilines is 1. The van der Waals surface area contributed by atoms with Gasteiger partial charge in [-0.1, -0.05) is 38.3 Å². The smallest absolute Gasteiger partial charge is 0.137 e. The van der Waals surface area contributed by atoms with Gasteiger partial charge in [-0.3, -0.25) is 0 Å². The molecule has 0 aliphatic heterocycles. The van der Waals surface area contributed by atoms with E-state index in [4.69, 9.17) is 11.6 Å². The number of aryl methyl sites for hydroxylation is 1. The molecule has 0 radical (unpaired) electrons. The summed E-state index contributed by atoms with van der Waals surface area (Å²) in [6.45, 7) is 7.25. The maximum Gasteiger partial charge on any atom is 0.137 e. The van der Waals surface area contributed by atoms with Crippen molar-refractivity contribution in [2.75, 3.05) is 18.5 Å². The van der Waals surface area contributed by atoms with Crippen LogP contribution in [0.4, 0.5) is 5.82 Å². The summed E-state index contributed by atoms with van der Waals surface area (Å²) >= 11 is 6.13. The van der Waals surface area contributed by atoms with E-state index in [1.807, 2.05) is 13.8 Å². The predicted octanol–water partition coefficient (Wildman–Crippen LogP) is 3.63. The van der Waals surface area contributed by atoms with Crippen LogP contribution in [0, 0.1) is 6.92 Å². The molecule has 0 unspecified atom stereocenters. The Morgan fingerprint density at radius 1 is 1.18 bits per heavy atom. The number of halogens is 1. The van der Waals surface area contributed by atoms with E-state index in [-0.39, 0.29) is 0 Å². The number of unbranched alkanes of at least 4 members (excludes halogenated alkanes) is 2. The fraction of sp³-hybridized carbons (Fsp3) is 0.692. The van der Waals surface area contributed by atoms with Crippen molar-refractivity contribution in [2.45, 2.75) is 46.5 Å². The molecule has 96 valence electrons. The topological polar surface area (TPSA) is 29.0 Å². The molecule has 0 atom stereocenters. The largest absolute Gasteiger partial charge is 0.359 e. The van der Waals surface area contributed by atoms with Crippen molar-refractivity contribution in [2.24, 2.45) is 0 Å². The minimum Gasteiger partial charge on any atom is -0.359 e. The Hall–Kier alpha value is -0.830. The van der Waals surface area contributed by atoms with E-state index in [0.717, 1.165) is 30.2 Å². The van der Waals surface area contributed by atoms with E-state index in [2.05, 4.69) is 28.8 Å². The molecule has 0 saturated carbocycles. The van der Waals surface area contributed by atoms with E-state index in [9.17, 15) is 0 Å². The van der Waals surface area contributed by atoms with Crippen molar-refractivity contribution in [1.82, 2.24) is 9.97 Å². The molecule has 1 rings (SSSR count). The van der Waals surface area contributed by atoms with E-state index in [1.54, 1.807) is 0 Å². The fourth-order valence-corrected chi connectivity index (χ4v) is 1.94. The third-order valence-electron chi connectivity index (χ3n) is 2.88. The molecular weight excluding hydrogens is 234 g/mol. The highest BCUT2D eigenvalue weighted by molar-refractivity contribution is 6.30. The molecule has 0 saturated heterocycles. The lowest BCUT2D eigenvalue weighted by atomic mass is 10.2. The lowest BCUT2D eigenvalue weighted by Crippen LogP contribution is -2.21. The van der Waals surface area contributed by atoms with Crippen LogP contribution in [0.15, 0.2) is 0 Å². The molecule has 0 fully saturated rings. The maximum absolute atomic E-state index is 6.13. The van der Waals surface area contributed by atoms with Crippen LogP contribution in [0.1, 0.15) is 44.5 Å². The molecule has 17 heavy (non-hydrogen) atoms. The molecule has 1 heterocycles. The second-order valence-corrected chi connectivity index (χ2v) is 4.72. The zero-order chi connectivity index (χ0) is 12.8. The van der Waals surface area contributed by atoms with Crippen LogP contribution < -0.4 is 4.90 Å². The molecule has 0 N–H and O–H groups in total. The van der Waals surface area contributed by atoms with Crippen LogP contribution in [-0.2, 0) is 6.42 Å². The Kier molecular flexibility index (Phi) is 5.69. The second-order valence-electron chi connectivity index (χ2n) is 4.36. The van der Waals surface area contributed by atoms with Crippen LogP contribution >= 0.6 is 11.6 Å². The molecule has 1 aromatic rings. The SMILES string of the molecule is CCCCCN(C)c1nc(CC)nc(Cl)c1C. The summed E-state index contributed by atoms with van der Waals surface area (Å²) < 4.78 is 0. The highest BCUT2D eigenvalue weighted by Crippen LogP contribution is 2.23. The first kappa shape index (κ1) is 14.2. The molecule has 0 aliphatic rings. The molecular formula is C13H22ClN3. The Morgan fingerprint density at radius 2 is 1.88 bits per heavy atom.